The Balaban J connectivity index is 1.57. The van der Waals surface area contributed by atoms with Crippen molar-refractivity contribution in [2.24, 2.45) is 0 Å². The van der Waals surface area contributed by atoms with Gasteiger partial charge in [-0.2, -0.15) is 0 Å². The van der Waals surface area contributed by atoms with Gasteiger partial charge in [-0.25, -0.2) is 13.9 Å². The first kappa shape index (κ1) is 16.8. The van der Waals surface area contributed by atoms with Crippen LogP contribution < -0.4 is 4.90 Å². The summed E-state index contributed by atoms with van der Waals surface area (Å²) in [5.74, 6) is 0.540. The maximum absolute atomic E-state index is 13.8. The zero-order chi connectivity index (χ0) is 18.9. The number of ether oxygens (including phenoxy) is 1. The molecule has 4 aromatic rings. The number of imidazole rings is 1. The zero-order valence-corrected chi connectivity index (χ0v) is 15.1. The van der Waals surface area contributed by atoms with Crippen LogP contribution in [0, 0.1) is 5.82 Å². The Morgan fingerprint density at radius 2 is 2.00 bits per heavy atom. The summed E-state index contributed by atoms with van der Waals surface area (Å²) < 4.78 is 21.2. The van der Waals surface area contributed by atoms with Crippen molar-refractivity contribution in [1.29, 1.82) is 0 Å². The molecule has 4 heterocycles. The summed E-state index contributed by atoms with van der Waals surface area (Å²) in [6.45, 7) is 1.76. The van der Waals surface area contributed by atoms with Gasteiger partial charge in [0.15, 0.2) is 5.65 Å². The molecule has 0 aliphatic carbocycles. The van der Waals surface area contributed by atoms with E-state index in [-0.39, 0.29) is 11.9 Å². The fourth-order valence-electron chi connectivity index (χ4n) is 3.57. The van der Waals surface area contributed by atoms with Gasteiger partial charge in [0.2, 0.25) is 0 Å². The average molecular weight is 375 g/mol. The van der Waals surface area contributed by atoms with Crippen LogP contribution in [0.2, 0.25) is 0 Å². The number of hydrogen-bond donors (Lipinski definition) is 0. The third-order valence-electron chi connectivity index (χ3n) is 4.93. The molecule has 1 atom stereocenters. The van der Waals surface area contributed by atoms with E-state index in [9.17, 15) is 4.39 Å². The van der Waals surface area contributed by atoms with Crippen LogP contribution in [0.3, 0.4) is 0 Å². The van der Waals surface area contributed by atoms with Crippen LogP contribution in [-0.2, 0) is 4.74 Å². The molecular weight excluding hydrogens is 357 g/mol. The van der Waals surface area contributed by atoms with Crippen molar-refractivity contribution in [2.75, 3.05) is 24.7 Å². The summed E-state index contributed by atoms with van der Waals surface area (Å²) in [6.07, 6.45) is 3.53. The summed E-state index contributed by atoms with van der Waals surface area (Å²) in [5, 5.41) is 4.82. The summed E-state index contributed by atoms with van der Waals surface area (Å²) in [5.41, 5.74) is 3.26. The van der Waals surface area contributed by atoms with Crippen LogP contribution in [0.15, 0.2) is 67.0 Å². The summed E-state index contributed by atoms with van der Waals surface area (Å²) in [4.78, 5) is 11.0. The van der Waals surface area contributed by atoms with Gasteiger partial charge in [0, 0.05) is 12.7 Å². The number of nitrogens with zero attached hydrogens (tertiary/aromatic N) is 5. The standard InChI is InChI=1S/C21H18FN5O/c22-16-5-3-4-15(12-16)19-14-28-11-10-26(19)21-8-7-20-24-13-18(27(20)25-21)17-6-1-2-9-23-17/h1-9,12-13,19H,10-11,14H2. The highest BCUT2D eigenvalue weighted by atomic mass is 19.1. The number of pyridine rings is 1. The number of halogens is 1. The largest absolute Gasteiger partial charge is 0.377 e. The molecule has 1 aliphatic heterocycles. The molecule has 1 aromatic carbocycles. The molecular formula is C21H18FN5O. The van der Waals surface area contributed by atoms with Crippen LogP contribution in [-0.4, -0.2) is 39.3 Å². The van der Waals surface area contributed by atoms with Crippen molar-refractivity contribution in [2.45, 2.75) is 6.04 Å². The normalized spacial score (nSPS) is 17.2. The van der Waals surface area contributed by atoms with Gasteiger partial charge in [-0.3, -0.25) is 4.98 Å². The molecule has 0 amide bonds. The van der Waals surface area contributed by atoms with E-state index >= 15 is 0 Å². The molecule has 6 nitrogen and oxygen atoms in total. The van der Waals surface area contributed by atoms with Crippen LogP contribution in [0.1, 0.15) is 11.6 Å². The van der Waals surface area contributed by atoms with E-state index in [4.69, 9.17) is 9.84 Å². The van der Waals surface area contributed by atoms with Crippen LogP contribution in [0.25, 0.3) is 17.0 Å². The Kier molecular flexibility index (Phi) is 4.21. The maximum Gasteiger partial charge on any atom is 0.154 e. The number of aromatic nitrogens is 4. The lowest BCUT2D eigenvalue weighted by atomic mass is 10.0. The third kappa shape index (κ3) is 2.99. The van der Waals surface area contributed by atoms with Crippen molar-refractivity contribution < 1.29 is 9.13 Å². The predicted molar refractivity (Wildman–Crippen MR) is 104 cm³/mol. The highest BCUT2D eigenvalue weighted by Crippen LogP contribution is 2.29. The molecule has 1 fully saturated rings. The first-order valence-corrected chi connectivity index (χ1v) is 9.16. The van der Waals surface area contributed by atoms with Crippen molar-refractivity contribution in [1.82, 2.24) is 19.6 Å². The molecule has 28 heavy (non-hydrogen) atoms. The van der Waals surface area contributed by atoms with Crippen LogP contribution >= 0.6 is 0 Å². The quantitative estimate of drug-likeness (QED) is 0.549. The molecule has 140 valence electrons. The molecule has 0 radical (unpaired) electrons. The number of morpholine rings is 1. The van der Waals surface area contributed by atoms with Gasteiger partial charge in [0.1, 0.15) is 17.3 Å². The maximum atomic E-state index is 13.8. The molecule has 1 aliphatic rings. The average Bonchev–Trinajstić information content (AvgIpc) is 3.18. The number of hydrogen-bond acceptors (Lipinski definition) is 5. The molecule has 3 aromatic heterocycles. The second-order valence-corrected chi connectivity index (χ2v) is 6.66. The van der Waals surface area contributed by atoms with E-state index in [1.54, 1.807) is 29.0 Å². The lowest BCUT2D eigenvalue weighted by Crippen LogP contribution is -2.40. The highest BCUT2D eigenvalue weighted by molar-refractivity contribution is 5.60. The minimum Gasteiger partial charge on any atom is -0.377 e. The molecule has 0 bridgehead atoms. The lowest BCUT2D eigenvalue weighted by Gasteiger charge is -2.36. The first-order valence-electron chi connectivity index (χ1n) is 9.16. The number of anilines is 1. The number of benzene rings is 1. The molecule has 0 spiro atoms. The van der Waals surface area contributed by atoms with Gasteiger partial charge in [0.25, 0.3) is 0 Å². The van der Waals surface area contributed by atoms with Crippen LogP contribution in [0.5, 0.6) is 0 Å². The number of rotatable bonds is 3. The van der Waals surface area contributed by atoms with Gasteiger partial charge < -0.3 is 9.64 Å². The molecule has 1 unspecified atom stereocenters. The molecule has 0 N–H and O–H groups in total. The molecule has 1 saturated heterocycles. The number of fused-ring (bicyclic) bond motifs is 1. The van der Waals surface area contributed by atoms with E-state index in [2.05, 4.69) is 14.9 Å². The van der Waals surface area contributed by atoms with Gasteiger partial charge in [0.05, 0.1) is 31.1 Å². The fraction of sp³-hybridized carbons (Fsp3) is 0.190. The SMILES string of the molecule is Fc1cccc(C2COCCN2c2ccc3ncc(-c4ccccn4)n3n2)c1. The predicted octanol–water partition coefficient (Wildman–Crippen LogP) is 3.51. The summed E-state index contributed by atoms with van der Waals surface area (Å²) in [6, 6.07) is 16.2. The highest BCUT2D eigenvalue weighted by Gasteiger charge is 2.26. The van der Waals surface area contributed by atoms with Crippen LogP contribution in [0.4, 0.5) is 10.2 Å². The topological polar surface area (TPSA) is 55.5 Å². The van der Waals surface area contributed by atoms with Crippen molar-refractivity contribution in [3.05, 3.63) is 78.4 Å². The van der Waals surface area contributed by atoms with Crippen molar-refractivity contribution in [3.8, 4) is 11.4 Å². The van der Waals surface area contributed by atoms with E-state index in [1.165, 1.54) is 6.07 Å². The van der Waals surface area contributed by atoms with E-state index < -0.39 is 0 Å². The lowest BCUT2D eigenvalue weighted by molar-refractivity contribution is 0.0935. The molecule has 0 saturated carbocycles. The molecule has 7 heteroatoms. The monoisotopic (exact) mass is 375 g/mol. The van der Waals surface area contributed by atoms with Crippen molar-refractivity contribution >= 4 is 11.5 Å². The summed E-state index contributed by atoms with van der Waals surface area (Å²) >= 11 is 0. The van der Waals surface area contributed by atoms with Crippen molar-refractivity contribution in [3.63, 3.8) is 0 Å². The minimum absolute atomic E-state index is 0.101. The zero-order valence-electron chi connectivity index (χ0n) is 15.1. The smallest absolute Gasteiger partial charge is 0.154 e. The fourth-order valence-corrected chi connectivity index (χ4v) is 3.57. The van der Waals surface area contributed by atoms with E-state index in [1.807, 2.05) is 36.4 Å². The Morgan fingerprint density at radius 1 is 1.04 bits per heavy atom. The first-order chi connectivity index (χ1) is 13.8. The second-order valence-electron chi connectivity index (χ2n) is 6.66. The Labute approximate surface area is 161 Å². The van der Waals surface area contributed by atoms with Gasteiger partial charge in [-0.05, 0) is 42.0 Å². The van der Waals surface area contributed by atoms with Gasteiger partial charge in [-0.15, -0.1) is 5.10 Å². The van der Waals surface area contributed by atoms with E-state index in [0.717, 1.165) is 28.4 Å². The molecule has 5 rings (SSSR count). The Morgan fingerprint density at radius 3 is 2.86 bits per heavy atom. The van der Waals surface area contributed by atoms with Gasteiger partial charge in [-0.1, -0.05) is 18.2 Å². The Hall–Kier alpha value is -3.32. The minimum atomic E-state index is -0.251. The third-order valence-corrected chi connectivity index (χ3v) is 4.93. The summed E-state index contributed by atoms with van der Waals surface area (Å²) in [7, 11) is 0. The van der Waals surface area contributed by atoms with E-state index in [0.29, 0.717) is 19.8 Å². The van der Waals surface area contributed by atoms with Gasteiger partial charge >= 0.3 is 0 Å². The Bertz CT molecular complexity index is 1110. The second kappa shape index (κ2) is 7.01.